The van der Waals surface area contributed by atoms with Crippen LogP contribution in [0.25, 0.3) is 0 Å². The van der Waals surface area contributed by atoms with Crippen LogP contribution < -0.4 is 10.2 Å². The summed E-state index contributed by atoms with van der Waals surface area (Å²) >= 11 is 0. The minimum absolute atomic E-state index is 0.235. The zero-order valence-corrected chi connectivity index (χ0v) is 16.5. The van der Waals surface area contributed by atoms with Gasteiger partial charge in [-0.1, -0.05) is 6.92 Å². The van der Waals surface area contributed by atoms with Crippen molar-refractivity contribution in [2.24, 2.45) is 0 Å². The van der Waals surface area contributed by atoms with E-state index >= 15 is 0 Å². The van der Waals surface area contributed by atoms with Crippen LogP contribution in [0.1, 0.15) is 69.8 Å². The second kappa shape index (κ2) is 7.33. The predicted molar refractivity (Wildman–Crippen MR) is 101 cm³/mol. The van der Waals surface area contributed by atoms with Gasteiger partial charge in [0, 0.05) is 12.0 Å². The molecule has 2 saturated heterocycles. The summed E-state index contributed by atoms with van der Waals surface area (Å²) in [5, 5.41) is 0. The molecule has 0 radical (unpaired) electrons. The van der Waals surface area contributed by atoms with Crippen LogP contribution in [0.4, 0.5) is 0 Å². The van der Waals surface area contributed by atoms with E-state index in [0.717, 1.165) is 49.6 Å². The third-order valence-corrected chi connectivity index (χ3v) is 5.68. The van der Waals surface area contributed by atoms with Gasteiger partial charge in [-0.15, -0.1) is 0 Å². The molecule has 26 heavy (non-hydrogen) atoms. The fourth-order valence-electron chi connectivity index (χ4n) is 3.33. The molecule has 2 aliphatic rings. The molecule has 142 valence electrons. The first-order valence-electron chi connectivity index (χ1n) is 9.53. The molecule has 1 atom stereocenters. The topological polar surface area (TPSA) is 54.0 Å². The third kappa shape index (κ3) is 3.68. The second-order valence-corrected chi connectivity index (χ2v) is 8.06. The van der Waals surface area contributed by atoms with Gasteiger partial charge in [0.05, 0.1) is 17.8 Å². The minimum Gasteiger partial charge on any atom is -0.465 e. The first-order chi connectivity index (χ1) is 12.3. The Balaban J connectivity index is 1.95. The van der Waals surface area contributed by atoms with Crippen LogP contribution in [-0.2, 0) is 20.5 Å². The van der Waals surface area contributed by atoms with Gasteiger partial charge in [0.15, 0.2) is 6.29 Å². The minimum atomic E-state index is -0.596. The van der Waals surface area contributed by atoms with Gasteiger partial charge in [0.2, 0.25) is 0 Å². The molecule has 1 unspecified atom stereocenters. The smallest absolute Gasteiger partial charge is 0.465 e. The van der Waals surface area contributed by atoms with Gasteiger partial charge in [-0.3, -0.25) is 4.79 Å². The van der Waals surface area contributed by atoms with Crippen molar-refractivity contribution >= 4 is 18.9 Å². The summed E-state index contributed by atoms with van der Waals surface area (Å²) < 4.78 is 24.1. The van der Waals surface area contributed by atoms with Crippen LogP contribution in [0.15, 0.2) is 12.1 Å². The number of hydrogen-bond donors (Lipinski definition) is 0. The van der Waals surface area contributed by atoms with E-state index in [-0.39, 0.29) is 6.29 Å². The molecule has 2 fully saturated rings. The molecule has 0 N–H and O–H groups in total. The number of rotatable bonds is 5. The molecule has 2 aliphatic heterocycles. The van der Waals surface area contributed by atoms with E-state index in [2.05, 4.69) is 0 Å². The summed E-state index contributed by atoms with van der Waals surface area (Å²) in [5.41, 5.74) is 1.35. The lowest BCUT2D eigenvalue weighted by Crippen LogP contribution is -2.41. The maximum absolute atomic E-state index is 11.8. The maximum Gasteiger partial charge on any atom is 0.495 e. The van der Waals surface area contributed by atoms with Gasteiger partial charge >= 0.3 is 7.12 Å². The molecule has 6 heteroatoms. The Bertz CT molecular complexity index is 648. The number of aryl methyl sites for hydroxylation is 1. The number of carbonyl (C=O) groups excluding carboxylic acids is 1. The predicted octanol–water partition coefficient (Wildman–Crippen LogP) is 3.27. The van der Waals surface area contributed by atoms with E-state index < -0.39 is 18.3 Å². The van der Waals surface area contributed by atoms with E-state index in [1.165, 1.54) is 0 Å². The number of carbonyl (C=O) groups is 1. The van der Waals surface area contributed by atoms with Crippen molar-refractivity contribution in [3.8, 4) is 5.75 Å². The lowest BCUT2D eigenvalue weighted by atomic mass is 9.74. The average Bonchev–Trinajstić information content (AvgIpc) is 2.82. The molecular weight excluding hydrogens is 331 g/mol. The summed E-state index contributed by atoms with van der Waals surface area (Å²) in [6, 6.07) is 3.79. The largest absolute Gasteiger partial charge is 0.495 e. The highest BCUT2D eigenvalue weighted by atomic mass is 16.7. The summed E-state index contributed by atoms with van der Waals surface area (Å²) in [6.45, 7) is 10.8. The summed E-state index contributed by atoms with van der Waals surface area (Å²) in [4.78, 5) is 11.8. The van der Waals surface area contributed by atoms with Crippen LogP contribution in [0, 0.1) is 0 Å². The second-order valence-electron chi connectivity index (χ2n) is 8.06. The Labute approximate surface area is 156 Å². The lowest BCUT2D eigenvalue weighted by molar-refractivity contribution is -0.105. The van der Waals surface area contributed by atoms with E-state index in [1.54, 1.807) is 0 Å². The molecule has 0 aromatic heterocycles. The Morgan fingerprint density at radius 1 is 1.19 bits per heavy atom. The Morgan fingerprint density at radius 3 is 2.42 bits per heavy atom. The van der Waals surface area contributed by atoms with E-state index in [1.807, 2.05) is 46.8 Å². The highest BCUT2D eigenvalue weighted by molar-refractivity contribution is 6.63. The fourth-order valence-corrected chi connectivity index (χ4v) is 3.33. The molecule has 2 heterocycles. The molecule has 1 aromatic carbocycles. The highest BCUT2D eigenvalue weighted by Crippen LogP contribution is 2.37. The number of benzene rings is 1. The van der Waals surface area contributed by atoms with Crippen molar-refractivity contribution in [3.63, 3.8) is 0 Å². The van der Waals surface area contributed by atoms with Crippen LogP contribution in [-0.4, -0.2) is 37.5 Å². The van der Waals surface area contributed by atoms with Crippen molar-refractivity contribution in [2.45, 2.75) is 77.8 Å². The first-order valence-corrected chi connectivity index (χ1v) is 9.53. The monoisotopic (exact) mass is 360 g/mol. The van der Waals surface area contributed by atoms with Crippen LogP contribution >= 0.6 is 0 Å². The van der Waals surface area contributed by atoms with E-state index in [0.29, 0.717) is 11.3 Å². The lowest BCUT2D eigenvalue weighted by Gasteiger charge is -2.32. The number of hydrogen-bond acceptors (Lipinski definition) is 5. The molecule has 5 nitrogen and oxygen atoms in total. The van der Waals surface area contributed by atoms with Crippen molar-refractivity contribution in [1.82, 2.24) is 0 Å². The van der Waals surface area contributed by atoms with Gasteiger partial charge in [0.25, 0.3) is 0 Å². The molecule has 0 bridgehead atoms. The third-order valence-electron chi connectivity index (χ3n) is 5.68. The first kappa shape index (κ1) is 19.4. The van der Waals surface area contributed by atoms with Crippen molar-refractivity contribution in [1.29, 1.82) is 0 Å². The van der Waals surface area contributed by atoms with E-state index in [9.17, 15) is 4.79 Å². The van der Waals surface area contributed by atoms with Crippen molar-refractivity contribution in [3.05, 3.63) is 23.3 Å². The van der Waals surface area contributed by atoms with Crippen LogP contribution in [0.5, 0.6) is 5.75 Å². The molecule has 3 rings (SSSR count). The van der Waals surface area contributed by atoms with Crippen LogP contribution in [0.2, 0.25) is 0 Å². The van der Waals surface area contributed by atoms with E-state index in [4.69, 9.17) is 18.8 Å². The molecule has 0 spiro atoms. The summed E-state index contributed by atoms with van der Waals surface area (Å²) in [7, 11) is -0.596. The van der Waals surface area contributed by atoms with Gasteiger partial charge in [-0.2, -0.15) is 0 Å². The molecular formula is C20H29BO5. The molecule has 0 saturated carbocycles. The van der Waals surface area contributed by atoms with Gasteiger partial charge in [0.1, 0.15) is 12.0 Å². The van der Waals surface area contributed by atoms with Gasteiger partial charge < -0.3 is 18.8 Å². The number of ether oxygens (including phenoxy) is 2. The SMILES string of the molecule is CCc1cc(OC2CCCCO2)cc(B2OC(C)(C)C(C)(C)O2)c1C=O. The van der Waals surface area contributed by atoms with Gasteiger partial charge in [-0.25, -0.2) is 0 Å². The zero-order chi connectivity index (χ0) is 18.9. The maximum atomic E-state index is 11.8. The standard InChI is InChI=1S/C20H29BO5/c1-6-14-11-15(24-18-9-7-8-10-23-18)12-17(16(14)13-22)21-25-19(2,3)20(4,5)26-21/h11-13,18H,6-10H2,1-5H3. The number of aldehydes is 1. The quantitative estimate of drug-likeness (QED) is 0.596. The molecule has 1 aromatic rings. The average molecular weight is 360 g/mol. The Hall–Kier alpha value is -1.37. The van der Waals surface area contributed by atoms with Gasteiger partial charge in [-0.05, 0) is 70.1 Å². The van der Waals surface area contributed by atoms with Crippen molar-refractivity contribution in [2.75, 3.05) is 6.61 Å². The summed E-state index contributed by atoms with van der Waals surface area (Å²) in [5.74, 6) is 0.698. The Morgan fingerprint density at radius 2 is 1.88 bits per heavy atom. The normalized spacial score (nSPS) is 24.5. The van der Waals surface area contributed by atoms with Crippen LogP contribution in [0.3, 0.4) is 0 Å². The molecule has 0 aliphatic carbocycles. The summed E-state index contributed by atoms with van der Waals surface area (Å²) in [6.07, 6.45) is 4.43. The fraction of sp³-hybridized carbons (Fsp3) is 0.650. The highest BCUT2D eigenvalue weighted by Gasteiger charge is 2.52. The molecule has 0 amide bonds. The Kier molecular flexibility index (Phi) is 5.47. The zero-order valence-electron chi connectivity index (χ0n) is 16.5. The van der Waals surface area contributed by atoms with Crippen molar-refractivity contribution < 1.29 is 23.6 Å².